The number of aliphatic hydroxyl groups excluding tert-OH is 2. The fraction of sp³-hybridized carbons (Fsp3) is 0.571. The minimum absolute atomic E-state index is 0.165. The monoisotopic (exact) mass is 415 g/mol. The summed E-state index contributed by atoms with van der Waals surface area (Å²) in [4.78, 5) is 18.0. The molecule has 0 amide bonds. The normalized spacial score (nSPS) is 18.6. The molecule has 2 aromatic rings. The number of rotatable bonds is 6. The number of nitrogens with zero attached hydrogens (tertiary/aromatic N) is 5. The van der Waals surface area contributed by atoms with E-state index >= 15 is 0 Å². The second kappa shape index (κ2) is 9.44. The average Bonchev–Trinajstić information content (AvgIpc) is 2.80. The number of piperidine rings is 2. The predicted molar refractivity (Wildman–Crippen MR) is 112 cm³/mol. The van der Waals surface area contributed by atoms with Crippen molar-refractivity contribution in [2.24, 2.45) is 11.8 Å². The average molecular weight is 415 g/mol. The Kier molecular flexibility index (Phi) is 6.49. The van der Waals surface area contributed by atoms with Crippen molar-refractivity contribution in [3.8, 4) is 17.5 Å². The van der Waals surface area contributed by atoms with Gasteiger partial charge in [-0.2, -0.15) is 15.0 Å². The molecule has 0 bridgehead atoms. The third-order valence-electron chi connectivity index (χ3n) is 5.95. The van der Waals surface area contributed by atoms with Gasteiger partial charge < -0.3 is 29.9 Å². The van der Waals surface area contributed by atoms with E-state index in [2.05, 4.69) is 19.8 Å². The molecule has 3 heterocycles. The Labute approximate surface area is 176 Å². The molecular formula is C21H29N5O4. The van der Waals surface area contributed by atoms with Crippen LogP contribution < -0.4 is 14.5 Å². The van der Waals surface area contributed by atoms with Crippen LogP contribution in [0, 0.1) is 11.8 Å². The summed E-state index contributed by atoms with van der Waals surface area (Å²) in [5.41, 5.74) is 0. The molecule has 2 aliphatic rings. The highest BCUT2D eigenvalue weighted by molar-refractivity contribution is 5.42. The number of anilines is 2. The standard InChI is InChI=1S/C21H29N5O4/c27-13-15-5-9-25(10-6-15)19-22-20(26-11-7-16(14-28)8-12-26)24-21(23-19)30-18-3-1-17(29)2-4-18/h1-4,15-16,27-29H,5-14H2. The van der Waals surface area contributed by atoms with E-state index in [0.29, 0.717) is 29.5 Å². The second-order valence-electron chi connectivity index (χ2n) is 8.04. The zero-order chi connectivity index (χ0) is 20.9. The summed E-state index contributed by atoms with van der Waals surface area (Å²) in [6, 6.07) is 6.65. The summed E-state index contributed by atoms with van der Waals surface area (Å²) in [6.45, 7) is 3.54. The summed E-state index contributed by atoms with van der Waals surface area (Å²) < 4.78 is 5.87. The van der Waals surface area contributed by atoms with Gasteiger partial charge in [0.15, 0.2) is 0 Å². The van der Waals surface area contributed by atoms with Gasteiger partial charge in [-0.15, -0.1) is 0 Å². The Morgan fingerprint density at radius 1 is 0.767 bits per heavy atom. The van der Waals surface area contributed by atoms with Gasteiger partial charge in [-0.3, -0.25) is 0 Å². The fourth-order valence-corrected chi connectivity index (χ4v) is 3.91. The molecule has 2 fully saturated rings. The van der Waals surface area contributed by atoms with Crippen LogP contribution in [0.3, 0.4) is 0 Å². The summed E-state index contributed by atoms with van der Waals surface area (Å²) >= 11 is 0. The molecule has 0 atom stereocenters. The topological polar surface area (TPSA) is 115 Å². The van der Waals surface area contributed by atoms with Gasteiger partial charge >= 0.3 is 6.01 Å². The van der Waals surface area contributed by atoms with E-state index in [9.17, 15) is 15.3 Å². The van der Waals surface area contributed by atoms with Gasteiger partial charge in [0.1, 0.15) is 11.5 Å². The lowest BCUT2D eigenvalue weighted by Gasteiger charge is -2.33. The number of phenols is 1. The number of benzene rings is 1. The molecule has 0 spiro atoms. The molecule has 0 aliphatic carbocycles. The first-order valence-electron chi connectivity index (χ1n) is 10.6. The van der Waals surface area contributed by atoms with Crippen LogP contribution in [0.15, 0.2) is 24.3 Å². The first-order chi connectivity index (χ1) is 14.6. The Morgan fingerprint density at radius 3 is 1.67 bits per heavy atom. The number of aromatic hydroxyl groups is 1. The largest absolute Gasteiger partial charge is 0.508 e. The summed E-state index contributed by atoms with van der Waals surface area (Å²) in [5, 5.41) is 28.3. The van der Waals surface area contributed by atoms with Gasteiger partial charge in [0.25, 0.3) is 0 Å². The maximum Gasteiger partial charge on any atom is 0.328 e. The van der Waals surface area contributed by atoms with Crippen molar-refractivity contribution >= 4 is 11.9 Å². The molecule has 9 nitrogen and oxygen atoms in total. The predicted octanol–water partition coefficient (Wildman–Crippen LogP) is 1.79. The highest BCUT2D eigenvalue weighted by Crippen LogP contribution is 2.28. The van der Waals surface area contributed by atoms with Crippen molar-refractivity contribution in [3.63, 3.8) is 0 Å². The van der Waals surface area contributed by atoms with Crippen LogP contribution in [0.5, 0.6) is 17.5 Å². The molecule has 2 saturated heterocycles. The highest BCUT2D eigenvalue weighted by atomic mass is 16.5. The maximum atomic E-state index is 9.49. The number of aromatic nitrogens is 3. The van der Waals surface area contributed by atoms with E-state index in [4.69, 9.17) is 9.72 Å². The smallest absolute Gasteiger partial charge is 0.328 e. The van der Waals surface area contributed by atoms with Gasteiger partial charge in [-0.05, 0) is 61.8 Å². The first-order valence-corrected chi connectivity index (χ1v) is 10.6. The fourth-order valence-electron chi connectivity index (χ4n) is 3.91. The van der Waals surface area contributed by atoms with Crippen molar-refractivity contribution in [2.45, 2.75) is 25.7 Å². The van der Waals surface area contributed by atoms with Crippen LogP contribution in [0.2, 0.25) is 0 Å². The Balaban J connectivity index is 1.57. The van der Waals surface area contributed by atoms with Crippen LogP contribution in [0.4, 0.5) is 11.9 Å². The third-order valence-corrected chi connectivity index (χ3v) is 5.95. The molecule has 2 aliphatic heterocycles. The second-order valence-corrected chi connectivity index (χ2v) is 8.04. The quantitative estimate of drug-likeness (QED) is 0.649. The van der Waals surface area contributed by atoms with Gasteiger partial charge in [-0.25, -0.2) is 0 Å². The summed E-state index contributed by atoms with van der Waals surface area (Å²) in [6.07, 6.45) is 3.59. The van der Waals surface area contributed by atoms with Crippen molar-refractivity contribution in [1.29, 1.82) is 0 Å². The minimum atomic E-state index is 0.165. The van der Waals surface area contributed by atoms with E-state index in [1.54, 1.807) is 24.3 Å². The van der Waals surface area contributed by atoms with Gasteiger partial charge in [0.2, 0.25) is 11.9 Å². The highest BCUT2D eigenvalue weighted by Gasteiger charge is 2.25. The molecule has 162 valence electrons. The minimum Gasteiger partial charge on any atom is -0.508 e. The van der Waals surface area contributed by atoms with E-state index in [1.165, 1.54) is 0 Å². The molecule has 9 heteroatoms. The lowest BCUT2D eigenvalue weighted by Crippen LogP contribution is -2.38. The molecule has 0 saturated carbocycles. The van der Waals surface area contributed by atoms with Crippen molar-refractivity contribution in [2.75, 3.05) is 49.2 Å². The number of phenolic OH excluding ortho intramolecular Hbond substituents is 1. The summed E-state index contributed by atoms with van der Waals surface area (Å²) in [7, 11) is 0. The van der Waals surface area contributed by atoms with Gasteiger partial charge in [0, 0.05) is 39.4 Å². The first kappa shape index (κ1) is 20.6. The van der Waals surface area contributed by atoms with E-state index in [0.717, 1.165) is 51.9 Å². The molecule has 0 unspecified atom stereocenters. The van der Waals surface area contributed by atoms with Gasteiger partial charge in [0.05, 0.1) is 0 Å². The molecule has 30 heavy (non-hydrogen) atoms. The molecule has 4 rings (SSSR count). The van der Waals surface area contributed by atoms with Crippen LogP contribution in [0.1, 0.15) is 25.7 Å². The third kappa shape index (κ3) is 4.91. The SMILES string of the molecule is OCC1CCN(c2nc(Oc3ccc(O)cc3)nc(N3CCC(CO)CC3)n2)CC1. The maximum absolute atomic E-state index is 9.49. The van der Waals surface area contributed by atoms with E-state index in [-0.39, 0.29) is 25.0 Å². The van der Waals surface area contributed by atoms with Crippen LogP contribution in [-0.4, -0.2) is 69.7 Å². The van der Waals surface area contributed by atoms with Crippen molar-refractivity contribution in [3.05, 3.63) is 24.3 Å². The van der Waals surface area contributed by atoms with E-state index < -0.39 is 0 Å². The van der Waals surface area contributed by atoms with Crippen molar-refractivity contribution < 1.29 is 20.1 Å². The number of hydrogen-bond acceptors (Lipinski definition) is 9. The number of hydrogen-bond donors (Lipinski definition) is 3. The zero-order valence-electron chi connectivity index (χ0n) is 17.0. The molecule has 3 N–H and O–H groups in total. The van der Waals surface area contributed by atoms with Crippen LogP contribution in [0.25, 0.3) is 0 Å². The van der Waals surface area contributed by atoms with Crippen LogP contribution in [-0.2, 0) is 0 Å². The van der Waals surface area contributed by atoms with Crippen molar-refractivity contribution in [1.82, 2.24) is 15.0 Å². The Morgan fingerprint density at radius 2 is 1.23 bits per heavy atom. The molecule has 0 radical (unpaired) electrons. The lowest BCUT2D eigenvalue weighted by atomic mass is 9.98. The molecule has 1 aromatic carbocycles. The van der Waals surface area contributed by atoms with E-state index in [1.807, 2.05) is 0 Å². The zero-order valence-corrected chi connectivity index (χ0v) is 17.0. The summed E-state index contributed by atoms with van der Waals surface area (Å²) in [5.74, 6) is 2.51. The van der Waals surface area contributed by atoms with Crippen LogP contribution >= 0.6 is 0 Å². The Bertz CT molecular complexity index is 776. The Hall–Kier alpha value is -2.65. The van der Waals surface area contributed by atoms with Gasteiger partial charge in [-0.1, -0.05) is 0 Å². The number of aliphatic hydroxyl groups is 2. The number of ether oxygens (including phenoxy) is 1. The molecule has 1 aromatic heterocycles. The molecular weight excluding hydrogens is 386 g/mol. The lowest BCUT2D eigenvalue weighted by molar-refractivity contribution is 0.202.